The van der Waals surface area contributed by atoms with Crippen LogP contribution in [0.3, 0.4) is 0 Å². The Morgan fingerprint density at radius 1 is 1.31 bits per heavy atom. The van der Waals surface area contributed by atoms with Gasteiger partial charge in [-0.2, -0.15) is 0 Å². The Morgan fingerprint density at radius 2 is 2.08 bits per heavy atom. The van der Waals surface area contributed by atoms with Crippen LogP contribution in [-0.2, 0) is 4.74 Å². The molecule has 2 bridgehead atoms. The molecule has 74 valence electrons. The lowest BCUT2D eigenvalue weighted by atomic mass is 9.73. The molecule has 2 nitrogen and oxygen atoms in total. The summed E-state index contributed by atoms with van der Waals surface area (Å²) in [7, 11) is 0. The van der Waals surface area contributed by atoms with Crippen molar-refractivity contribution in [3.8, 4) is 0 Å². The smallest absolute Gasteiger partial charge is 0.0841 e. The molecule has 4 fully saturated rings. The zero-order chi connectivity index (χ0) is 8.89. The molecule has 4 aliphatic heterocycles. The maximum atomic E-state index is 6.09. The van der Waals surface area contributed by atoms with Crippen molar-refractivity contribution in [1.82, 2.24) is 4.90 Å². The third kappa shape index (κ3) is 1.15. The van der Waals surface area contributed by atoms with E-state index in [1.54, 1.807) is 0 Å². The van der Waals surface area contributed by atoms with Crippen LogP contribution in [0.15, 0.2) is 0 Å². The number of fused-ring (bicyclic) bond motifs is 2. The minimum Gasteiger partial charge on any atom is -0.373 e. The van der Waals surface area contributed by atoms with E-state index in [1.807, 2.05) is 0 Å². The first-order valence-electron chi connectivity index (χ1n) is 5.65. The number of hydrogen-bond acceptors (Lipinski definition) is 2. The van der Waals surface area contributed by atoms with Crippen molar-refractivity contribution < 1.29 is 4.74 Å². The first-order chi connectivity index (χ1) is 6.28. The Labute approximate surface area is 80.2 Å². The maximum Gasteiger partial charge on any atom is 0.0841 e. The monoisotopic (exact) mass is 181 g/mol. The summed E-state index contributed by atoms with van der Waals surface area (Å²) in [5.74, 6) is 1.67. The molecule has 4 saturated heterocycles. The summed E-state index contributed by atoms with van der Waals surface area (Å²) >= 11 is 0. The molecule has 4 heterocycles. The van der Waals surface area contributed by atoms with Crippen LogP contribution < -0.4 is 0 Å². The molecule has 0 aromatic rings. The normalized spacial score (nSPS) is 54.7. The van der Waals surface area contributed by atoms with Crippen LogP contribution in [-0.4, -0.2) is 36.7 Å². The Bertz CT molecular complexity index is 210. The lowest BCUT2D eigenvalue weighted by Crippen LogP contribution is -2.58. The van der Waals surface area contributed by atoms with Crippen molar-refractivity contribution in [2.24, 2.45) is 11.8 Å². The highest BCUT2D eigenvalue weighted by atomic mass is 16.5. The molecule has 2 heteroatoms. The first kappa shape index (κ1) is 8.25. The average molecular weight is 181 g/mol. The lowest BCUT2D eigenvalue weighted by molar-refractivity contribution is -0.122. The van der Waals surface area contributed by atoms with E-state index in [-0.39, 0.29) is 5.60 Å². The largest absolute Gasteiger partial charge is 0.373 e. The Morgan fingerprint density at radius 3 is 2.54 bits per heavy atom. The summed E-state index contributed by atoms with van der Waals surface area (Å²) in [6.45, 7) is 7.20. The molecule has 0 aromatic heterocycles. The quantitative estimate of drug-likeness (QED) is 0.561. The molecule has 4 rings (SSSR count). The minimum absolute atomic E-state index is 0.288. The van der Waals surface area contributed by atoms with Gasteiger partial charge in [-0.15, -0.1) is 0 Å². The van der Waals surface area contributed by atoms with Gasteiger partial charge in [-0.3, -0.25) is 0 Å². The molecule has 4 aliphatic rings. The van der Waals surface area contributed by atoms with Crippen LogP contribution in [0.25, 0.3) is 0 Å². The van der Waals surface area contributed by atoms with Crippen LogP contribution in [0.5, 0.6) is 0 Å². The molecule has 0 saturated carbocycles. The van der Waals surface area contributed by atoms with Gasteiger partial charge in [-0.05, 0) is 44.2 Å². The molecule has 0 aliphatic carbocycles. The summed E-state index contributed by atoms with van der Waals surface area (Å²) in [6.07, 6.45) is 4.08. The van der Waals surface area contributed by atoms with E-state index in [0.717, 1.165) is 18.4 Å². The average Bonchev–Trinajstić information content (AvgIpc) is 2.49. The van der Waals surface area contributed by atoms with Gasteiger partial charge in [0.15, 0.2) is 0 Å². The fraction of sp³-hybridized carbons (Fsp3) is 1.00. The van der Waals surface area contributed by atoms with Gasteiger partial charge in [0.2, 0.25) is 0 Å². The van der Waals surface area contributed by atoms with Crippen LogP contribution in [0.2, 0.25) is 0 Å². The van der Waals surface area contributed by atoms with Gasteiger partial charge in [0, 0.05) is 6.54 Å². The molecule has 0 amide bonds. The predicted molar refractivity (Wildman–Crippen MR) is 51.6 cm³/mol. The molecule has 0 unspecified atom stereocenters. The van der Waals surface area contributed by atoms with Crippen LogP contribution in [0, 0.1) is 11.8 Å². The SMILES string of the molecule is C[C@H]1CO[C@]2(C1)CN1CCC2CC1. The zero-order valence-electron chi connectivity index (χ0n) is 8.46. The van der Waals surface area contributed by atoms with Gasteiger partial charge in [-0.25, -0.2) is 0 Å². The Kier molecular flexibility index (Phi) is 1.72. The van der Waals surface area contributed by atoms with E-state index in [2.05, 4.69) is 11.8 Å². The minimum atomic E-state index is 0.288. The second-order valence-corrected chi connectivity index (χ2v) is 5.24. The van der Waals surface area contributed by atoms with E-state index in [9.17, 15) is 0 Å². The van der Waals surface area contributed by atoms with Gasteiger partial charge >= 0.3 is 0 Å². The van der Waals surface area contributed by atoms with Gasteiger partial charge < -0.3 is 9.64 Å². The highest BCUT2D eigenvalue weighted by molar-refractivity contribution is 5.02. The molecular weight excluding hydrogens is 162 g/mol. The summed E-state index contributed by atoms with van der Waals surface area (Å²) < 4.78 is 6.09. The lowest BCUT2D eigenvalue weighted by Gasteiger charge is -2.51. The van der Waals surface area contributed by atoms with Crippen LogP contribution in [0.1, 0.15) is 26.2 Å². The Balaban J connectivity index is 1.83. The third-order valence-electron chi connectivity index (χ3n) is 4.17. The molecule has 2 atom stereocenters. The second kappa shape index (κ2) is 2.71. The van der Waals surface area contributed by atoms with E-state index < -0.39 is 0 Å². The second-order valence-electron chi connectivity index (χ2n) is 5.24. The van der Waals surface area contributed by atoms with Crippen LogP contribution >= 0.6 is 0 Å². The number of rotatable bonds is 0. The first-order valence-corrected chi connectivity index (χ1v) is 5.65. The van der Waals surface area contributed by atoms with E-state index >= 15 is 0 Å². The highest BCUT2D eigenvalue weighted by Gasteiger charge is 2.50. The fourth-order valence-corrected chi connectivity index (χ4v) is 3.54. The molecule has 13 heavy (non-hydrogen) atoms. The third-order valence-corrected chi connectivity index (χ3v) is 4.17. The topological polar surface area (TPSA) is 12.5 Å². The standard InChI is InChI=1S/C11H19NO/c1-9-6-11(13-7-9)8-12-4-2-10(11)3-5-12/h9-10H,2-8H2,1H3/t9-,11-/m1/s1. The molecule has 0 N–H and O–H groups in total. The fourth-order valence-electron chi connectivity index (χ4n) is 3.54. The van der Waals surface area contributed by atoms with Crippen molar-refractivity contribution in [3.63, 3.8) is 0 Å². The number of hydrogen-bond donors (Lipinski definition) is 0. The van der Waals surface area contributed by atoms with Gasteiger partial charge in [-0.1, -0.05) is 6.92 Å². The van der Waals surface area contributed by atoms with E-state index in [4.69, 9.17) is 4.74 Å². The van der Waals surface area contributed by atoms with Crippen molar-refractivity contribution in [2.45, 2.75) is 31.8 Å². The van der Waals surface area contributed by atoms with Crippen LogP contribution in [0.4, 0.5) is 0 Å². The van der Waals surface area contributed by atoms with E-state index in [0.29, 0.717) is 0 Å². The number of ether oxygens (including phenoxy) is 1. The molecule has 0 aromatic carbocycles. The van der Waals surface area contributed by atoms with E-state index in [1.165, 1.54) is 38.9 Å². The highest BCUT2D eigenvalue weighted by Crippen LogP contribution is 2.45. The molecule has 0 radical (unpaired) electrons. The maximum absolute atomic E-state index is 6.09. The summed E-state index contributed by atoms with van der Waals surface area (Å²) in [4.78, 5) is 2.60. The summed E-state index contributed by atoms with van der Waals surface area (Å²) in [6, 6.07) is 0. The number of piperidine rings is 3. The van der Waals surface area contributed by atoms with Crippen molar-refractivity contribution >= 4 is 0 Å². The van der Waals surface area contributed by atoms with Crippen molar-refractivity contribution in [1.29, 1.82) is 0 Å². The summed E-state index contributed by atoms with van der Waals surface area (Å²) in [5, 5.41) is 0. The van der Waals surface area contributed by atoms with Gasteiger partial charge in [0.05, 0.1) is 12.2 Å². The predicted octanol–water partition coefficient (Wildman–Crippen LogP) is 1.51. The Hall–Kier alpha value is -0.0800. The molecular formula is C11H19NO. The molecule has 1 spiro atoms. The van der Waals surface area contributed by atoms with Crippen molar-refractivity contribution in [2.75, 3.05) is 26.2 Å². The van der Waals surface area contributed by atoms with Crippen molar-refractivity contribution in [3.05, 3.63) is 0 Å². The number of nitrogens with zero attached hydrogens (tertiary/aromatic N) is 1. The summed E-state index contributed by atoms with van der Waals surface area (Å²) in [5.41, 5.74) is 0.288. The zero-order valence-corrected chi connectivity index (χ0v) is 8.46. The van der Waals surface area contributed by atoms with Gasteiger partial charge in [0.25, 0.3) is 0 Å². The van der Waals surface area contributed by atoms with Gasteiger partial charge in [0.1, 0.15) is 0 Å².